The molecular weight excluding hydrogens is 156 g/mol. The van der Waals surface area contributed by atoms with E-state index in [4.69, 9.17) is 0 Å². The second kappa shape index (κ2) is 2.32. The highest BCUT2D eigenvalue weighted by molar-refractivity contribution is 5.11. The predicted octanol–water partition coefficient (Wildman–Crippen LogP) is 4.25. The first-order valence-corrected chi connectivity index (χ1v) is 5.81. The third kappa shape index (κ3) is 1.17. The van der Waals surface area contributed by atoms with Gasteiger partial charge in [0.05, 0.1) is 0 Å². The maximum absolute atomic E-state index is 2.52. The molecule has 0 radical (unpaired) electrons. The van der Waals surface area contributed by atoms with Gasteiger partial charge in [0, 0.05) is 0 Å². The van der Waals surface area contributed by atoms with Crippen LogP contribution >= 0.6 is 0 Å². The van der Waals surface area contributed by atoms with E-state index in [-0.39, 0.29) is 0 Å². The standard InChI is InChI=1S/C13H24/c1-6-12(4)7-10-11(2,3)8-13(10,5)9-12/h10H,6-9H2,1-5H3. The first-order valence-electron chi connectivity index (χ1n) is 5.81. The lowest BCUT2D eigenvalue weighted by molar-refractivity contribution is -0.0672. The van der Waals surface area contributed by atoms with Crippen molar-refractivity contribution in [2.45, 2.75) is 60.3 Å². The van der Waals surface area contributed by atoms with Gasteiger partial charge in [-0.25, -0.2) is 0 Å². The first-order chi connectivity index (χ1) is 5.81. The molecule has 76 valence electrons. The molecule has 0 spiro atoms. The molecule has 0 nitrogen and oxygen atoms in total. The van der Waals surface area contributed by atoms with Gasteiger partial charge in [-0.3, -0.25) is 0 Å². The van der Waals surface area contributed by atoms with E-state index in [1.807, 2.05) is 0 Å². The van der Waals surface area contributed by atoms with Crippen LogP contribution in [0.1, 0.15) is 60.3 Å². The van der Waals surface area contributed by atoms with E-state index in [1.54, 1.807) is 0 Å². The molecular formula is C13H24. The number of rotatable bonds is 1. The SMILES string of the molecule is CCC1(C)CC2C(C)(C)CC2(C)C1. The largest absolute Gasteiger partial charge is 0.0649 e. The molecule has 3 unspecified atom stereocenters. The summed E-state index contributed by atoms with van der Waals surface area (Å²) in [7, 11) is 0. The van der Waals surface area contributed by atoms with Gasteiger partial charge in [0.1, 0.15) is 0 Å². The molecule has 2 rings (SSSR count). The fourth-order valence-electron chi connectivity index (χ4n) is 4.62. The Kier molecular flexibility index (Phi) is 1.71. The molecule has 2 aliphatic carbocycles. The molecule has 0 aromatic carbocycles. The lowest BCUT2D eigenvalue weighted by atomic mass is 9.49. The van der Waals surface area contributed by atoms with Crippen molar-refractivity contribution in [2.24, 2.45) is 22.2 Å². The van der Waals surface area contributed by atoms with Crippen LogP contribution in [0.3, 0.4) is 0 Å². The predicted molar refractivity (Wildman–Crippen MR) is 57.6 cm³/mol. The second-order valence-electron chi connectivity index (χ2n) is 6.92. The third-order valence-electron chi connectivity index (χ3n) is 5.03. The summed E-state index contributed by atoms with van der Waals surface area (Å²) in [6.45, 7) is 12.3. The van der Waals surface area contributed by atoms with E-state index >= 15 is 0 Å². The zero-order chi connectivity index (χ0) is 9.91. The minimum atomic E-state index is 0.641. The number of hydrogen-bond donors (Lipinski definition) is 0. The smallest absolute Gasteiger partial charge is 0.0282 e. The third-order valence-corrected chi connectivity index (χ3v) is 5.03. The summed E-state index contributed by atoms with van der Waals surface area (Å²) >= 11 is 0. The summed E-state index contributed by atoms with van der Waals surface area (Å²) in [6.07, 6.45) is 5.78. The van der Waals surface area contributed by atoms with Gasteiger partial charge in [0.25, 0.3) is 0 Å². The van der Waals surface area contributed by atoms with Crippen molar-refractivity contribution in [3.05, 3.63) is 0 Å². The van der Waals surface area contributed by atoms with Crippen molar-refractivity contribution in [2.75, 3.05) is 0 Å². The number of hydrogen-bond acceptors (Lipinski definition) is 0. The van der Waals surface area contributed by atoms with Crippen LogP contribution in [0.4, 0.5) is 0 Å². The van der Waals surface area contributed by atoms with Crippen molar-refractivity contribution in [3.63, 3.8) is 0 Å². The normalized spacial score (nSPS) is 52.8. The molecule has 2 fully saturated rings. The summed E-state index contributed by atoms with van der Waals surface area (Å²) in [5.74, 6) is 1.00. The molecule has 0 N–H and O–H groups in total. The van der Waals surface area contributed by atoms with Crippen LogP contribution in [0.15, 0.2) is 0 Å². The molecule has 0 aromatic rings. The van der Waals surface area contributed by atoms with E-state index in [2.05, 4.69) is 34.6 Å². The zero-order valence-corrected chi connectivity index (χ0v) is 9.91. The minimum Gasteiger partial charge on any atom is -0.0649 e. The average Bonchev–Trinajstić information content (AvgIpc) is 2.21. The summed E-state index contributed by atoms with van der Waals surface area (Å²) in [4.78, 5) is 0. The molecule has 0 heteroatoms. The number of fused-ring (bicyclic) bond motifs is 1. The Morgan fingerprint density at radius 3 is 2.08 bits per heavy atom. The summed E-state index contributed by atoms with van der Waals surface area (Å²) in [5, 5.41) is 0. The van der Waals surface area contributed by atoms with Gasteiger partial charge in [-0.15, -0.1) is 0 Å². The molecule has 0 aliphatic heterocycles. The first kappa shape index (κ1) is 9.55. The summed E-state index contributed by atoms with van der Waals surface area (Å²) in [5.41, 5.74) is 2.00. The Balaban J connectivity index is 2.19. The van der Waals surface area contributed by atoms with Crippen LogP contribution in [0.5, 0.6) is 0 Å². The summed E-state index contributed by atoms with van der Waals surface area (Å²) in [6, 6.07) is 0. The van der Waals surface area contributed by atoms with Crippen LogP contribution in [0, 0.1) is 22.2 Å². The summed E-state index contributed by atoms with van der Waals surface area (Å²) < 4.78 is 0. The highest BCUT2D eigenvalue weighted by Crippen LogP contribution is 2.71. The molecule has 0 amide bonds. The van der Waals surface area contributed by atoms with Gasteiger partial charge in [-0.05, 0) is 41.4 Å². The Bertz CT molecular complexity index is 228. The van der Waals surface area contributed by atoms with Crippen LogP contribution in [-0.4, -0.2) is 0 Å². The molecule has 2 aliphatic rings. The van der Waals surface area contributed by atoms with Crippen molar-refractivity contribution < 1.29 is 0 Å². The van der Waals surface area contributed by atoms with Gasteiger partial charge >= 0.3 is 0 Å². The Labute approximate surface area is 83.1 Å². The maximum Gasteiger partial charge on any atom is -0.0282 e. The minimum absolute atomic E-state index is 0.641. The van der Waals surface area contributed by atoms with E-state index in [1.165, 1.54) is 25.7 Å². The molecule has 0 aromatic heterocycles. The topological polar surface area (TPSA) is 0 Å². The van der Waals surface area contributed by atoms with Crippen molar-refractivity contribution >= 4 is 0 Å². The fraction of sp³-hybridized carbons (Fsp3) is 1.00. The van der Waals surface area contributed by atoms with E-state index in [0.29, 0.717) is 16.2 Å². The van der Waals surface area contributed by atoms with E-state index < -0.39 is 0 Å². The van der Waals surface area contributed by atoms with Crippen LogP contribution < -0.4 is 0 Å². The van der Waals surface area contributed by atoms with Crippen LogP contribution in [0.25, 0.3) is 0 Å². The van der Waals surface area contributed by atoms with Gasteiger partial charge in [0.15, 0.2) is 0 Å². The molecule has 0 saturated heterocycles. The molecule has 0 heterocycles. The van der Waals surface area contributed by atoms with Crippen LogP contribution in [-0.2, 0) is 0 Å². The average molecular weight is 180 g/mol. The van der Waals surface area contributed by atoms with Crippen molar-refractivity contribution in [3.8, 4) is 0 Å². The van der Waals surface area contributed by atoms with Gasteiger partial charge in [-0.1, -0.05) is 41.0 Å². The molecule has 3 atom stereocenters. The fourth-order valence-corrected chi connectivity index (χ4v) is 4.62. The van der Waals surface area contributed by atoms with Crippen LogP contribution in [0.2, 0.25) is 0 Å². The Hall–Kier alpha value is 0. The highest BCUT2D eigenvalue weighted by Gasteiger charge is 2.62. The van der Waals surface area contributed by atoms with Gasteiger partial charge < -0.3 is 0 Å². The Morgan fingerprint density at radius 1 is 1.08 bits per heavy atom. The molecule has 2 saturated carbocycles. The lowest BCUT2D eigenvalue weighted by Crippen LogP contribution is -2.48. The Morgan fingerprint density at radius 2 is 1.69 bits per heavy atom. The molecule has 13 heavy (non-hydrogen) atoms. The monoisotopic (exact) mass is 180 g/mol. The molecule has 0 bridgehead atoms. The lowest BCUT2D eigenvalue weighted by Gasteiger charge is -2.56. The van der Waals surface area contributed by atoms with Crippen molar-refractivity contribution in [1.82, 2.24) is 0 Å². The van der Waals surface area contributed by atoms with Crippen molar-refractivity contribution in [1.29, 1.82) is 0 Å². The highest BCUT2D eigenvalue weighted by atomic mass is 14.7. The zero-order valence-electron chi connectivity index (χ0n) is 9.91. The quantitative estimate of drug-likeness (QED) is 0.566. The van der Waals surface area contributed by atoms with E-state index in [0.717, 1.165) is 5.92 Å². The maximum atomic E-state index is 2.52. The van der Waals surface area contributed by atoms with Gasteiger partial charge in [0.2, 0.25) is 0 Å². The second-order valence-corrected chi connectivity index (χ2v) is 6.92. The van der Waals surface area contributed by atoms with Gasteiger partial charge in [-0.2, -0.15) is 0 Å². The van der Waals surface area contributed by atoms with E-state index in [9.17, 15) is 0 Å².